The Morgan fingerprint density at radius 1 is 1.14 bits per heavy atom. The first-order chi connectivity index (χ1) is 13.7. The lowest BCUT2D eigenvalue weighted by Crippen LogP contribution is -2.44. The van der Waals surface area contributed by atoms with E-state index in [4.69, 9.17) is 25.8 Å². The molecule has 1 unspecified atom stereocenters. The topological polar surface area (TPSA) is 60.0 Å². The number of carbonyl (C=O) groups is 1. The summed E-state index contributed by atoms with van der Waals surface area (Å²) in [6.45, 7) is 3.35. The van der Waals surface area contributed by atoms with Gasteiger partial charge in [0.15, 0.2) is 6.61 Å². The van der Waals surface area contributed by atoms with Crippen molar-refractivity contribution >= 4 is 29.9 Å². The Labute approximate surface area is 182 Å². The molecule has 3 rings (SSSR count). The molecule has 2 aromatic rings. The molecule has 0 aliphatic carbocycles. The van der Waals surface area contributed by atoms with Gasteiger partial charge in [-0.15, -0.1) is 12.4 Å². The molecular weight excluding hydrogens is 415 g/mol. The zero-order valence-corrected chi connectivity index (χ0v) is 17.9. The van der Waals surface area contributed by atoms with Crippen LogP contribution in [0.5, 0.6) is 11.5 Å². The van der Waals surface area contributed by atoms with Gasteiger partial charge in [-0.2, -0.15) is 0 Å². The molecule has 1 aliphatic rings. The summed E-state index contributed by atoms with van der Waals surface area (Å²) in [5.41, 5.74) is 1.00. The van der Waals surface area contributed by atoms with Crippen LogP contribution in [0.25, 0.3) is 0 Å². The van der Waals surface area contributed by atoms with Crippen molar-refractivity contribution in [2.24, 2.45) is 0 Å². The minimum Gasteiger partial charge on any atom is -0.497 e. The number of nitrogens with zero attached hydrogens (tertiary/aromatic N) is 1. The van der Waals surface area contributed by atoms with Gasteiger partial charge in [0.1, 0.15) is 11.5 Å². The van der Waals surface area contributed by atoms with Crippen LogP contribution in [0.1, 0.15) is 11.6 Å². The Kier molecular flexibility index (Phi) is 9.54. The van der Waals surface area contributed by atoms with Crippen molar-refractivity contribution in [3.63, 3.8) is 0 Å². The average molecular weight is 441 g/mol. The number of amides is 1. The lowest BCUT2D eigenvalue weighted by atomic mass is 10.0. The fourth-order valence-corrected chi connectivity index (χ4v) is 3.41. The van der Waals surface area contributed by atoms with E-state index in [0.29, 0.717) is 30.5 Å². The number of morpholine rings is 1. The summed E-state index contributed by atoms with van der Waals surface area (Å²) >= 11 is 6.41. The van der Waals surface area contributed by atoms with Crippen molar-refractivity contribution in [3.05, 3.63) is 59.1 Å². The first kappa shape index (κ1) is 23.3. The zero-order valence-electron chi connectivity index (χ0n) is 16.3. The van der Waals surface area contributed by atoms with Crippen molar-refractivity contribution < 1.29 is 19.0 Å². The number of rotatable bonds is 8. The van der Waals surface area contributed by atoms with Crippen molar-refractivity contribution in [2.45, 2.75) is 6.04 Å². The van der Waals surface area contributed by atoms with Crippen molar-refractivity contribution in [3.8, 4) is 11.5 Å². The Morgan fingerprint density at radius 2 is 1.79 bits per heavy atom. The van der Waals surface area contributed by atoms with Gasteiger partial charge >= 0.3 is 0 Å². The van der Waals surface area contributed by atoms with Crippen LogP contribution in [-0.2, 0) is 9.53 Å². The minimum atomic E-state index is -0.180. The lowest BCUT2D eigenvalue weighted by molar-refractivity contribution is -0.123. The Bertz CT molecular complexity index is 768. The maximum atomic E-state index is 12.3. The fourth-order valence-electron chi connectivity index (χ4n) is 3.15. The molecule has 0 radical (unpaired) electrons. The number of nitrogens with one attached hydrogen (secondary N) is 1. The highest BCUT2D eigenvalue weighted by atomic mass is 35.5. The molecule has 1 atom stereocenters. The smallest absolute Gasteiger partial charge is 0.258 e. The van der Waals surface area contributed by atoms with E-state index in [-0.39, 0.29) is 31.0 Å². The molecule has 1 N–H and O–H groups in total. The third kappa shape index (κ3) is 6.78. The normalized spacial score (nSPS) is 15.1. The monoisotopic (exact) mass is 440 g/mol. The predicted molar refractivity (Wildman–Crippen MR) is 115 cm³/mol. The maximum absolute atomic E-state index is 12.3. The number of ether oxygens (including phenoxy) is 3. The minimum absolute atomic E-state index is 0. The molecule has 0 saturated carbocycles. The highest BCUT2D eigenvalue weighted by Gasteiger charge is 2.24. The molecule has 1 aliphatic heterocycles. The van der Waals surface area contributed by atoms with Gasteiger partial charge in [-0.25, -0.2) is 0 Å². The first-order valence-electron chi connectivity index (χ1n) is 9.27. The Morgan fingerprint density at radius 3 is 2.45 bits per heavy atom. The Hall–Kier alpha value is -1.99. The van der Waals surface area contributed by atoms with Gasteiger partial charge in [-0.05, 0) is 35.9 Å². The van der Waals surface area contributed by atoms with Gasteiger partial charge in [0.25, 0.3) is 5.91 Å². The second kappa shape index (κ2) is 11.9. The third-order valence-electron chi connectivity index (χ3n) is 4.67. The number of methoxy groups -OCH3 is 1. The largest absolute Gasteiger partial charge is 0.497 e. The number of hydrogen-bond acceptors (Lipinski definition) is 5. The molecule has 1 saturated heterocycles. The Balaban J connectivity index is 0.00000300. The first-order valence-corrected chi connectivity index (χ1v) is 9.65. The molecule has 1 heterocycles. The maximum Gasteiger partial charge on any atom is 0.258 e. The summed E-state index contributed by atoms with van der Waals surface area (Å²) in [5, 5.41) is 3.67. The van der Waals surface area contributed by atoms with Gasteiger partial charge < -0.3 is 19.5 Å². The van der Waals surface area contributed by atoms with Crippen molar-refractivity contribution in [1.82, 2.24) is 10.2 Å². The summed E-state index contributed by atoms with van der Waals surface area (Å²) in [4.78, 5) is 14.6. The summed E-state index contributed by atoms with van der Waals surface area (Å²) in [5.74, 6) is 1.18. The SMILES string of the molecule is COc1ccc(OCC(=O)NCC(c2ccccc2Cl)N2CCOCC2)cc1.Cl. The van der Waals surface area contributed by atoms with Crippen LogP contribution in [0.15, 0.2) is 48.5 Å². The molecule has 1 amide bonds. The molecule has 158 valence electrons. The van der Waals surface area contributed by atoms with E-state index in [2.05, 4.69) is 10.2 Å². The van der Waals surface area contributed by atoms with E-state index < -0.39 is 0 Å². The van der Waals surface area contributed by atoms with Crippen molar-refractivity contribution in [1.29, 1.82) is 0 Å². The summed E-state index contributed by atoms with van der Waals surface area (Å²) in [7, 11) is 1.60. The van der Waals surface area contributed by atoms with E-state index in [1.165, 1.54) is 0 Å². The second-order valence-electron chi connectivity index (χ2n) is 6.45. The molecule has 0 aromatic heterocycles. The van der Waals surface area contributed by atoms with Gasteiger partial charge in [0.05, 0.1) is 26.4 Å². The molecule has 0 bridgehead atoms. The molecule has 2 aromatic carbocycles. The van der Waals surface area contributed by atoms with Crippen LogP contribution in [-0.4, -0.2) is 57.4 Å². The predicted octanol–water partition coefficient (Wildman–Crippen LogP) is 3.34. The lowest BCUT2D eigenvalue weighted by Gasteiger charge is -2.35. The van der Waals surface area contributed by atoms with E-state index in [0.717, 1.165) is 24.4 Å². The van der Waals surface area contributed by atoms with Gasteiger partial charge in [0, 0.05) is 24.7 Å². The van der Waals surface area contributed by atoms with Crippen LogP contribution in [0.2, 0.25) is 5.02 Å². The summed E-state index contributed by atoms with van der Waals surface area (Å²) in [6.07, 6.45) is 0. The van der Waals surface area contributed by atoms with Crippen LogP contribution in [0.3, 0.4) is 0 Å². The number of benzene rings is 2. The van der Waals surface area contributed by atoms with Crippen LogP contribution < -0.4 is 14.8 Å². The molecule has 0 spiro atoms. The summed E-state index contributed by atoms with van der Waals surface area (Å²) < 4.78 is 16.1. The van der Waals surface area contributed by atoms with Gasteiger partial charge in [0.2, 0.25) is 0 Å². The van der Waals surface area contributed by atoms with Crippen LogP contribution >= 0.6 is 24.0 Å². The zero-order chi connectivity index (χ0) is 19.8. The summed E-state index contributed by atoms with van der Waals surface area (Å²) in [6, 6.07) is 14.9. The number of halogens is 2. The highest BCUT2D eigenvalue weighted by Crippen LogP contribution is 2.27. The average Bonchev–Trinajstić information content (AvgIpc) is 2.74. The van der Waals surface area contributed by atoms with Gasteiger partial charge in [-0.3, -0.25) is 9.69 Å². The molecule has 1 fully saturated rings. The van der Waals surface area contributed by atoms with Gasteiger partial charge in [-0.1, -0.05) is 29.8 Å². The molecular formula is C21H26Cl2N2O4. The van der Waals surface area contributed by atoms with E-state index in [1.807, 2.05) is 24.3 Å². The standard InChI is InChI=1S/C21H25ClN2O4.ClH/c1-26-16-6-8-17(9-7-16)28-15-21(25)23-14-20(24-10-12-27-13-11-24)18-4-2-3-5-19(18)22;/h2-9,20H,10-15H2,1H3,(H,23,25);1H. The number of hydrogen-bond donors (Lipinski definition) is 1. The van der Waals surface area contributed by atoms with E-state index in [1.54, 1.807) is 31.4 Å². The van der Waals surface area contributed by atoms with Crippen LogP contribution in [0.4, 0.5) is 0 Å². The van der Waals surface area contributed by atoms with E-state index in [9.17, 15) is 4.79 Å². The van der Waals surface area contributed by atoms with Crippen LogP contribution in [0, 0.1) is 0 Å². The molecule has 29 heavy (non-hydrogen) atoms. The van der Waals surface area contributed by atoms with E-state index >= 15 is 0 Å². The highest BCUT2D eigenvalue weighted by molar-refractivity contribution is 6.31. The fraction of sp³-hybridized carbons (Fsp3) is 0.381. The van der Waals surface area contributed by atoms with Crippen molar-refractivity contribution in [2.75, 3.05) is 46.6 Å². The molecule has 8 heteroatoms. The second-order valence-corrected chi connectivity index (χ2v) is 6.86. The quantitative estimate of drug-likeness (QED) is 0.681. The third-order valence-corrected chi connectivity index (χ3v) is 5.02. The molecule has 6 nitrogen and oxygen atoms in total. The number of carbonyl (C=O) groups excluding carboxylic acids is 1.